The molecule has 178 valence electrons. The minimum Gasteiger partial charge on any atom is -0.444 e. The molecular weight excluding hydrogens is 447 g/mol. The quantitative estimate of drug-likeness (QED) is 0.527. The fourth-order valence-corrected chi connectivity index (χ4v) is 4.08. The van der Waals surface area contributed by atoms with Crippen LogP contribution in [0.25, 0.3) is 0 Å². The van der Waals surface area contributed by atoms with Crippen LogP contribution in [-0.2, 0) is 14.8 Å². The van der Waals surface area contributed by atoms with Crippen LogP contribution in [0.15, 0.2) is 52.5 Å². The van der Waals surface area contributed by atoms with Gasteiger partial charge in [0.15, 0.2) is 0 Å². The zero-order chi connectivity index (χ0) is 24.2. The van der Waals surface area contributed by atoms with E-state index in [2.05, 4.69) is 9.93 Å². The average Bonchev–Trinajstić information content (AvgIpc) is 2.74. The van der Waals surface area contributed by atoms with Crippen LogP contribution >= 0.6 is 0 Å². The first kappa shape index (κ1) is 24.5. The lowest BCUT2D eigenvalue weighted by Gasteiger charge is -2.37. The second-order valence-corrected chi connectivity index (χ2v) is 10.5. The number of hydrogen-bond donors (Lipinski definition) is 1. The Hall–Kier alpha value is -3.14. The first-order valence-corrected chi connectivity index (χ1v) is 12.1. The Kier molecular flexibility index (Phi) is 7.26. The molecule has 0 bridgehead atoms. The molecule has 1 aliphatic heterocycles. The summed E-state index contributed by atoms with van der Waals surface area (Å²) in [5.74, 6) is -0.419. The van der Waals surface area contributed by atoms with E-state index in [1.54, 1.807) is 17.0 Å². The fourth-order valence-electron chi connectivity index (χ4n) is 3.29. The van der Waals surface area contributed by atoms with Gasteiger partial charge in [0, 0.05) is 37.4 Å². The number of halogens is 1. The van der Waals surface area contributed by atoms with Gasteiger partial charge in [0.1, 0.15) is 11.4 Å². The summed E-state index contributed by atoms with van der Waals surface area (Å²) in [6.07, 6.45) is 0.967. The fraction of sp³-hybridized carbons (Fsp3) is 0.391. The predicted octanol–water partition coefficient (Wildman–Crippen LogP) is 3.50. The van der Waals surface area contributed by atoms with E-state index < -0.39 is 21.4 Å². The molecule has 1 aliphatic rings. The molecule has 3 rings (SSSR count). The van der Waals surface area contributed by atoms with Crippen LogP contribution in [-0.4, -0.2) is 57.4 Å². The third-order valence-corrected chi connectivity index (χ3v) is 6.21. The van der Waals surface area contributed by atoms with Crippen molar-refractivity contribution < 1.29 is 22.3 Å². The molecule has 1 N–H and O–H groups in total. The number of piperazine rings is 1. The van der Waals surface area contributed by atoms with Crippen molar-refractivity contribution in [3.8, 4) is 0 Å². The second kappa shape index (κ2) is 9.78. The molecule has 1 fully saturated rings. The van der Waals surface area contributed by atoms with Gasteiger partial charge in [-0.15, -0.1) is 0 Å². The molecule has 1 amide bonds. The molecule has 1 saturated heterocycles. The van der Waals surface area contributed by atoms with Crippen molar-refractivity contribution in [3.63, 3.8) is 0 Å². The number of rotatable bonds is 5. The van der Waals surface area contributed by atoms with E-state index in [-0.39, 0.29) is 11.0 Å². The third-order valence-electron chi connectivity index (χ3n) is 4.97. The van der Waals surface area contributed by atoms with Crippen molar-refractivity contribution in [2.75, 3.05) is 31.1 Å². The zero-order valence-corrected chi connectivity index (χ0v) is 20.0. The number of nitrogens with zero attached hydrogens (tertiary/aromatic N) is 3. The zero-order valence-electron chi connectivity index (χ0n) is 19.2. The molecule has 0 radical (unpaired) electrons. The van der Waals surface area contributed by atoms with Crippen molar-refractivity contribution in [1.29, 1.82) is 0 Å². The lowest BCUT2D eigenvalue weighted by molar-refractivity contribution is 0.0240. The monoisotopic (exact) mass is 476 g/mol. The number of sulfonamides is 1. The van der Waals surface area contributed by atoms with Gasteiger partial charge in [0.05, 0.1) is 11.1 Å². The Morgan fingerprint density at radius 2 is 1.73 bits per heavy atom. The van der Waals surface area contributed by atoms with Gasteiger partial charge >= 0.3 is 6.09 Å². The van der Waals surface area contributed by atoms with Gasteiger partial charge in [0.2, 0.25) is 0 Å². The molecule has 1 heterocycles. The summed E-state index contributed by atoms with van der Waals surface area (Å²) in [6.45, 7) is 9.08. The molecule has 33 heavy (non-hydrogen) atoms. The van der Waals surface area contributed by atoms with Crippen molar-refractivity contribution in [2.45, 2.75) is 38.2 Å². The van der Waals surface area contributed by atoms with Crippen LogP contribution < -0.4 is 9.73 Å². The number of aryl methyl sites for hydroxylation is 1. The highest BCUT2D eigenvalue weighted by Gasteiger charge is 2.26. The minimum absolute atomic E-state index is 0.0999. The summed E-state index contributed by atoms with van der Waals surface area (Å²) in [7, 11) is -3.82. The van der Waals surface area contributed by atoms with Crippen molar-refractivity contribution in [1.82, 2.24) is 9.73 Å². The number of carbonyl (C=O) groups excluding carboxylic acids is 1. The lowest BCUT2D eigenvalue weighted by atomic mass is 10.1. The Bertz CT molecular complexity index is 1120. The maximum absolute atomic E-state index is 14.0. The van der Waals surface area contributed by atoms with E-state index >= 15 is 0 Å². The molecule has 0 atom stereocenters. The number of amides is 1. The number of ether oxygens (including phenoxy) is 1. The molecule has 8 nitrogen and oxygen atoms in total. The largest absolute Gasteiger partial charge is 0.444 e. The first-order chi connectivity index (χ1) is 15.4. The van der Waals surface area contributed by atoms with E-state index in [0.29, 0.717) is 37.4 Å². The van der Waals surface area contributed by atoms with Crippen LogP contribution in [0.4, 0.5) is 14.9 Å². The van der Waals surface area contributed by atoms with Crippen molar-refractivity contribution in [3.05, 3.63) is 59.4 Å². The van der Waals surface area contributed by atoms with Gasteiger partial charge in [-0.2, -0.15) is 13.5 Å². The normalized spacial score (nSPS) is 15.1. The maximum atomic E-state index is 14.0. The molecule has 0 aliphatic carbocycles. The van der Waals surface area contributed by atoms with Crippen LogP contribution in [0.3, 0.4) is 0 Å². The Morgan fingerprint density at radius 3 is 2.33 bits per heavy atom. The summed E-state index contributed by atoms with van der Waals surface area (Å²) in [5, 5.41) is 3.88. The standard InChI is InChI=1S/C23H29FN4O4S/c1-17-5-9-20(10-6-17)33(30,31)26-25-16-18-7-8-19(24)15-21(18)27-11-13-28(14-12-27)22(29)32-23(2,3)4/h5-10,15-16,26H,11-14H2,1-4H3/b25-16+. The summed E-state index contributed by atoms with van der Waals surface area (Å²) in [5.41, 5.74) is 1.48. The van der Waals surface area contributed by atoms with E-state index in [0.717, 1.165) is 5.56 Å². The number of anilines is 1. The van der Waals surface area contributed by atoms with E-state index in [4.69, 9.17) is 4.74 Å². The van der Waals surface area contributed by atoms with Crippen LogP contribution in [0.5, 0.6) is 0 Å². The average molecular weight is 477 g/mol. The Balaban J connectivity index is 1.70. The second-order valence-electron chi connectivity index (χ2n) is 8.82. The lowest BCUT2D eigenvalue weighted by Crippen LogP contribution is -2.50. The van der Waals surface area contributed by atoms with Gasteiger partial charge in [0.25, 0.3) is 10.0 Å². The molecule has 0 unspecified atom stereocenters. The number of carbonyl (C=O) groups is 1. The molecule has 0 aromatic heterocycles. The van der Waals surface area contributed by atoms with E-state index in [9.17, 15) is 17.6 Å². The molecular formula is C23H29FN4O4S. The Labute approximate surface area is 194 Å². The van der Waals surface area contributed by atoms with Gasteiger partial charge in [-0.1, -0.05) is 17.7 Å². The van der Waals surface area contributed by atoms with Crippen LogP contribution in [0.2, 0.25) is 0 Å². The van der Waals surface area contributed by atoms with Crippen LogP contribution in [0.1, 0.15) is 31.9 Å². The highest BCUT2D eigenvalue weighted by molar-refractivity contribution is 7.89. The highest BCUT2D eigenvalue weighted by Crippen LogP contribution is 2.23. The van der Waals surface area contributed by atoms with Gasteiger partial charge in [-0.3, -0.25) is 0 Å². The number of benzene rings is 2. The van der Waals surface area contributed by atoms with E-state index in [1.807, 2.05) is 32.6 Å². The molecule has 0 spiro atoms. The van der Waals surface area contributed by atoms with Crippen molar-refractivity contribution >= 4 is 28.0 Å². The number of hydrazone groups is 1. The summed E-state index contributed by atoms with van der Waals surface area (Å²) in [4.78, 5) is 18.1. The van der Waals surface area contributed by atoms with E-state index in [1.165, 1.54) is 36.5 Å². The summed E-state index contributed by atoms with van der Waals surface area (Å²) < 4.78 is 44.3. The third kappa shape index (κ3) is 6.67. The molecule has 0 saturated carbocycles. The van der Waals surface area contributed by atoms with Crippen molar-refractivity contribution in [2.24, 2.45) is 5.10 Å². The topological polar surface area (TPSA) is 91.3 Å². The first-order valence-electron chi connectivity index (χ1n) is 10.6. The minimum atomic E-state index is -3.82. The SMILES string of the molecule is Cc1ccc(S(=O)(=O)N/N=C/c2ccc(F)cc2N2CCN(C(=O)OC(C)(C)C)CC2)cc1. The molecule has 10 heteroatoms. The summed E-state index contributed by atoms with van der Waals surface area (Å²) in [6, 6.07) is 10.6. The number of nitrogens with one attached hydrogen (secondary N) is 1. The number of hydrogen-bond acceptors (Lipinski definition) is 6. The summed E-state index contributed by atoms with van der Waals surface area (Å²) >= 11 is 0. The van der Waals surface area contributed by atoms with Gasteiger partial charge in [-0.05, 0) is 58.0 Å². The predicted molar refractivity (Wildman–Crippen MR) is 126 cm³/mol. The highest BCUT2D eigenvalue weighted by atomic mass is 32.2. The van der Waals surface area contributed by atoms with Gasteiger partial charge < -0.3 is 14.5 Å². The molecule has 2 aromatic rings. The smallest absolute Gasteiger partial charge is 0.410 e. The molecule has 2 aromatic carbocycles. The maximum Gasteiger partial charge on any atom is 0.410 e. The van der Waals surface area contributed by atoms with Crippen LogP contribution in [0, 0.1) is 12.7 Å². The Morgan fingerprint density at radius 1 is 1.09 bits per heavy atom. The van der Waals surface area contributed by atoms with Gasteiger partial charge in [-0.25, -0.2) is 14.0 Å².